The number of hydrogen-bond acceptors (Lipinski definition) is 4. The number of carbonyl (C=O) groups excluding carboxylic acids is 1. The number of rotatable bonds is 10. The predicted octanol–water partition coefficient (Wildman–Crippen LogP) is 2.09. The standard InChI is InChI=1S/C19H30N4O3.HI/c1-20-19(21-11-4-5-18(24)23-15-7-8-15)22-12-10-14-6-9-16(25-2)17(13-14)26-3;/h6,9,13,15H,4-5,7-8,10-12H2,1-3H3,(H,23,24)(H2,20,21,22);1H. The molecule has 27 heavy (non-hydrogen) atoms. The topological polar surface area (TPSA) is 84.0 Å². The Hall–Kier alpha value is -1.71. The lowest BCUT2D eigenvalue weighted by atomic mass is 10.1. The fourth-order valence-corrected chi connectivity index (χ4v) is 2.57. The van der Waals surface area contributed by atoms with Gasteiger partial charge in [0, 0.05) is 32.6 Å². The van der Waals surface area contributed by atoms with Crippen molar-refractivity contribution in [1.82, 2.24) is 16.0 Å². The van der Waals surface area contributed by atoms with Crippen molar-refractivity contribution in [2.45, 2.75) is 38.1 Å². The summed E-state index contributed by atoms with van der Waals surface area (Å²) in [5.41, 5.74) is 1.15. The molecular formula is C19H31IN4O3. The molecule has 1 aliphatic carbocycles. The maximum absolute atomic E-state index is 11.6. The van der Waals surface area contributed by atoms with E-state index in [-0.39, 0.29) is 29.9 Å². The van der Waals surface area contributed by atoms with Crippen molar-refractivity contribution in [3.8, 4) is 11.5 Å². The van der Waals surface area contributed by atoms with E-state index in [4.69, 9.17) is 9.47 Å². The van der Waals surface area contributed by atoms with Crippen LogP contribution in [0.1, 0.15) is 31.2 Å². The molecule has 0 unspecified atom stereocenters. The second-order valence-electron chi connectivity index (χ2n) is 6.31. The third-order valence-electron chi connectivity index (χ3n) is 4.19. The number of carbonyl (C=O) groups is 1. The van der Waals surface area contributed by atoms with E-state index in [0.717, 1.165) is 55.3 Å². The third kappa shape index (κ3) is 8.68. The van der Waals surface area contributed by atoms with Crippen LogP contribution in [0.2, 0.25) is 0 Å². The highest BCUT2D eigenvalue weighted by Gasteiger charge is 2.22. The Kier molecular flexibility index (Phi) is 10.9. The molecule has 1 aromatic carbocycles. The molecule has 1 fully saturated rings. The van der Waals surface area contributed by atoms with Crippen LogP contribution in [-0.4, -0.2) is 52.3 Å². The SMILES string of the molecule is CN=C(NCCCC(=O)NC1CC1)NCCc1ccc(OC)c(OC)c1.I. The summed E-state index contributed by atoms with van der Waals surface area (Å²) in [6, 6.07) is 6.35. The Morgan fingerprint density at radius 2 is 1.85 bits per heavy atom. The fraction of sp³-hybridized carbons (Fsp3) is 0.579. The number of hydrogen-bond donors (Lipinski definition) is 3. The summed E-state index contributed by atoms with van der Waals surface area (Å²) in [6.45, 7) is 1.46. The molecule has 2 rings (SSSR count). The quantitative estimate of drug-likeness (QED) is 0.203. The van der Waals surface area contributed by atoms with E-state index in [2.05, 4.69) is 20.9 Å². The zero-order valence-corrected chi connectivity index (χ0v) is 18.7. The highest BCUT2D eigenvalue weighted by Crippen LogP contribution is 2.27. The zero-order valence-electron chi connectivity index (χ0n) is 16.3. The molecule has 152 valence electrons. The molecule has 1 aliphatic rings. The summed E-state index contributed by atoms with van der Waals surface area (Å²) in [7, 11) is 5.01. The third-order valence-corrected chi connectivity index (χ3v) is 4.19. The Morgan fingerprint density at radius 1 is 1.15 bits per heavy atom. The monoisotopic (exact) mass is 490 g/mol. The summed E-state index contributed by atoms with van der Waals surface area (Å²) >= 11 is 0. The van der Waals surface area contributed by atoms with Gasteiger partial charge in [0.2, 0.25) is 5.91 Å². The lowest BCUT2D eigenvalue weighted by Gasteiger charge is -2.13. The lowest BCUT2D eigenvalue weighted by Crippen LogP contribution is -2.39. The molecule has 0 saturated heterocycles. The number of nitrogens with one attached hydrogen (secondary N) is 3. The maximum Gasteiger partial charge on any atom is 0.220 e. The van der Waals surface area contributed by atoms with Crippen LogP contribution >= 0.6 is 24.0 Å². The van der Waals surface area contributed by atoms with Crippen LogP contribution in [0, 0.1) is 0 Å². The van der Waals surface area contributed by atoms with Gasteiger partial charge in [-0.05, 0) is 43.4 Å². The van der Waals surface area contributed by atoms with Gasteiger partial charge < -0.3 is 25.4 Å². The number of ether oxygens (including phenoxy) is 2. The van der Waals surface area contributed by atoms with E-state index in [0.29, 0.717) is 19.0 Å². The Labute approximate surface area is 178 Å². The second-order valence-corrected chi connectivity index (χ2v) is 6.31. The van der Waals surface area contributed by atoms with Crippen molar-refractivity contribution >= 4 is 35.8 Å². The van der Waals surface area contributed by atoms with E-state index in [1.165, 1.54) is 0 Å². The minimum absolute atomic E-state index is 0. The van der Waals surface area contributed by atoms with E-state index < -0.39 is 0 Å². The Balaban J connectivity index is 0.00000364. The molecule has 0 heterocycles. The van der Waals surface area contributed by atoms with Gasteiger partial charge in [-0.1, -0.05) is 6.07 Å². The zero-order chi connectivity index (χ0) is 18.8. The smallest absolute Gasteiger partial charge is 0.220 e. The van der Waals surface area contributed by atoms with Gasteiger partial charge in [-0.15, -0.1) is 24.0 Å². The van der Waals surface area contributed by atoms with E-state index >= 15 is 0 Å². The molecule has 0 aromatic heterocycles. The van der Waals surface area contributed by atoms with Crippen molar-refractivity contribution < 1.29 is 14.3 Å². The fourth-order valence-electron chi connectivity index (χ4n) is 2.57. The molecule has 7 nitrogen and oxygen atoms in total. The summed E-state index contributed by atoms with van der Waals surface area (Å²) < 4.78 is 10.6. The summed E-state index contributed by atoms with van der Waals surface area (Å²) in [5.74, 6) is 2.35. The number of guanidine groups is 1. The first-order valence-corrected chi connectivity index (χ1v) is 9.11. The number of benzene rings is 1. The molecule has 0 bridgehead atoms. The highest BCUT2D eigenvalue weighted by molar-refractivity contribution is 14.0. The normalized spacial score (nSPS) is 13.4. The van der Waals surface area contributed by atoms with Crippen LogP contribution in [0.3, 0.4) is 0 Å². The minimum Gasteiger partial charge on any atom is -0.493 e. The largest absolute Gasteiger partial charge is 0.493 e. The highest BCUT2D eigenvalue weighted by atomic mass is 127. The average Bonchev–Trinajstić information content (AvgIpc) is 3.47. The van der Waals surface area contributed by atoms with Gasteiger partial charge in [-0.3, -0.25) is 9.79 Å². The van der Waals surface area contributed by atoms with Crippen molar-refractivity contribution in [1.29, 1.82) is 0 Å². The molecule has 1 aromatic rings. The number of halogens is 1. The van der Waals surface area contributed by atoms with Crippen LogP contribution in [0.5, 0.6) is 11.5 Å². The molecule has 0 aliphatic heterocycles. The summed E-state index contributed by atoms with van der Waals surface area (Å²) in [6.07, 6.45) is 4.42. The second kappa shape index (κ2) is 12.6. The van der Waals surface area contributed by atoms with Crippen molar-refractivity contribution in [2.24, 2.45) is 4.99 Å². The number of nitrogens with zero attached hydrogens (tertiary/aromatic N) is 1. The molecule has 1 saturated carbocycles. The van der Waals surface area contributed by atoms with Crippen molar-refractivity contribution in [3.63, 3.8) is 0 Å². The van der Waals surface area contributed by atoms with Crippen molar-refractivity contribution in [3.05, 3.63) is 23.8 Å². The van der Waals surface area contributed by atoms with Gasteiger partial charge in [-0.25, -0.2) is 0 Å². The van der Waals surface area contributed by atoms with Gasteiger partial charge in [0.05, 0.1) is 14.2 Å². The molecule has 1 amide bonds. The first kappa shape index (κ1) is 23.3. The van der Waals surface area contributed by atoms with Crippen LogP contribution in [0.15, 0.2) is 23.2 Å². The Bertz CT molecular complexity index is 621. The van der Waals surface area contributed by atoms with Crippen LogP contribution in [0.4, 0.5) is 0 Å². The predicted molar refractivity (Wildman–Crippen MR) is 118 cm³/mol. The first-order valence-electron chi connectivity index (χ1n) is 9.11. The number of aliphatic imine (C=N–C) groups is 1. The molecule has 0 radical (unpaired) electrons. The van der Waals surface area contributed by atoms with Crippen molar-refractivity contribution in [2.75, 3.05) is 34.4 Å². The minimum atomic E-state index is 0. The van der Waals surface area contributed by atoms with Gasteiger partial charge in [0.25, 0.3) is 0 Å². The van der Waals surface area contributed by atoms with E-state index in [9.17, 15) is 4.79 Å². The van der Waals surface area contributed by atoms with Crippen LogP contribution in [0.25, 0.3) is 0 Å². The van der Waals surface area contributed by atoms with Gasteiger partial charge in [0.1, 0.15) is 0 Å². The summed E-state index contributed by atoms with van der Waals surface area (Å²) in [5, 5.41) is 9.51. The van der Waals surface area contributed by atoms with Gasteiger partial charge in [0.15, 0.2) is 17.5 Å². The van der Waals surface area contributed by atoms with E-state index in [1.807, 2.05) is 18.2 Å². The van der Waals surface area contributed by atoms with Crippen LogP contribution in [-0.2, 0) is 11.2 Å². The average molecular weight is 490 g/mol. The van der Waals surface area contributed by atoms with Crippen LogP contribution < -0.4 is 25.4 Å². The molecule has 0 atom stereocenters. The van der Waals surface area contributed by atoms with Gasteiger partial charge in [-0.2, -0.15) is 0 Å². The Morgan fingerprint density at radius 3 is 2.48 bits per heavy atom. The van der Waals surface area contributed by atoms with E-state index in [1.54, 1.807) is 21.3 Å². The molecular weight excluding hydrogens is 459 g/mol. The van der Waals surface area contributed by atoms with Gasteiger partial charge >= 0.3 is 0 Å². The molecule has 0 spiro atoms. The number of amides is 1. The molecule has 3 N–H and O–H groups in total. The molecule has 8 heteroatoms. The summed E-state index contributed by atoms with van der Waals surface area (Å²) in [4.78, 5) is 15.8. The maximum atomic E-state index is 11.6. The number of methoxy groups -OCH3 is 2. The first-order chi connectivity index (χ1) is 12.7. The lowest BCUT2D eigenvalue weighted by molar-refractivity contribution is -0.121.